The highest BCUT2D eigenvalue weighted by atomic mass is 35.5. The average Bonchev–Trinajstić information content (AvgIpc) is 2.56. The fourth-order valence-corrected chi connectivity index (χ4v) is 2.50. The molecule has 3 nitrogen and oxygen atoms in total. The zero-order chi connectivity index (χ0) is 16.8. The van der Waals surface area contributed by atoms with E-state index in [1.165, 1.54) is 5.56 Å². The van der Waals surface area contributed by atoms with Crippen LogP contribution in [-0.4, -0.2) is 11.9 Å². The third kappa shape index (κ3) is 5.08. The third-order valence-electron chi connectivity index (χ3n) is 3.89. The second-order valence-corrected chi connectivity index (χ2v) is 6.14. The number of rotatable bonds is 6. The van der Waals surface area contributed by atoms with Crippen molar-refractivity contribution in [2.24, 2.45) is 0 Å². The SMILES string of the molecule is CCc1ccc(NC(=O)[C@@H](C)N[C@H](C)c2ccc(Cl)cc2)cc1. The molecule has 0 radical (unpaired) electrons. The highest BCUT2D eigenvalue weighted by Gasteiger charge is 2.16. The number of hydrogen-bond acceptors (Lipinski definition) is 2. The van der Waals surface area contributed by atoms with E-state index in [1.807, 2.05) is 62.4 Å². The molecule has 0 bridgehead atoms. The first-order chi connectivity index (χ1) is 11.0. The van der Waals surface area contributed by atoms with Gasteiger partial charge in [0.1, 0.15) is 0 Å². The number of amides is 1. The summed E-state index contributed by atoms with van der Waals surface area (Å²) in [4.78, 5) is 12.3. The summed E-state index contributed by atoms with van der Waals surface area (Å²) < 4.78 is 0. The second kappa shape index (κ2) is 8.14. The van der Waals surface area contributed by atoms with E-state index in [-0.39, 0.29) is 18.0 Å². The van der Waals surface area contributed by atoms with E-state index in [1.54, 1.807) is 0 Å². The van der Waals surface area contributed by atoms with Gasteiger partial charge in [-0.2, -0.15) is 0 Å². The molecule has 0 aliphatic rings. The fraction of sp³-hybridized carbons (Fsp3) is 0.316. The van der Waals surface area contributed by atoms with Crippen molar-refractivity contribution in [3.63, 3.8) is 0 Å². The van der Waals surface area contributed by atoms with Gasteiger partial charge in [0, 0.05) is 16.8 Å². The van der Waals surface area contributed by atoms with E-state index in [4.69, 9.17) is 11.6 Å². The largest absolute Gasteiger partial charge is 0.325 e. The summed E-state index contributed by atoms with van der Waals surface area (Å²) in [7, 11) is 0. The Morgan fingerprint density at radius 1 is 1.04 bits per heavy atom. The van der Waals surface area contributed by atoms with Crippen molar-refractivity contribution in [3.8, 4) is 0 Å². The lowest BCUT2D eigenvalue weighted by atomic mass is 10.1. The number of aryl methyl sites for hydroxylation is 1. The van der Waals surface area contributed by atoms with Crippen molar-refractivity contribution in [2.45, 2.75) is 39.3 Å². The lowest BCUT2D eigenvalue weighted by molar-refractivity contribution is -0.117. The molecule has 0 aliphatic heterocycles. The molecule has 0 aromatic heterocycles. The van der Waals surface area contributed by atoms with Crippen molar-refractivity contribution in [3.05, 3.63) is 64.7 Å². The van der Waals surface area contributed by atoms with Crippen LogP contribution in [0.15, 0.2) is 48.5 Å². The zero-order valence-electron chi connectivity index (χ0n) is 13.8. The van der Waals surface area contributed by atoms with Crippen LogP contribution in [0.25, 0.3) is 0 Å². The van der Waals surface area contributed by atoms with Gasteiger partial charge >= 0.3 is 0 Å². The van der Waals surface area contributed by atoms with Crippen LogP contribution >= 0.6 is 11.6 Å². The number of carbonyl (C=O) groups is 1. The maximum Gasteiger partial charge on any atom is 0.241 e. The van der Waals surface area contributed by atoms with Crippen LogP contribution in [0, 0.1) is 0 Å². The van der Waals surface area contributed by atoms with E-state index >= 15 is 0 Å². The Balaban J connectivity index is 1.92. The lowest BCUT2D eigenvalue weighted by Gasteiger charge is -2.20. The molecule has 0 spiro atoms. The first kappa shape index (κ1) is 17.5. The van der Waals surface area contributed by atoms with Gasteiger partial charge in [-0.3, -0.25) is 10.1 Å². The zero-order valence-corrected chi connectivity index (χ0v) is 14.5. The van der Waals surface area contributed by atoms with Crippen molar-refractivity contribution in [1.29, 1.82) is 0 Å². The summed E-state index contributed by atoms with van der Waals surface area (Å²) in [6.45, 7) is 6.00. The standard InChI is InChI=1S/C19H23ClN2O/c1-4-15-5-11-18(12-6-15)22-19(23)14(3)21-13(2)16-7-9-17(20)10-8-16/h5-14,21H,4H2,1-3H3,(H,22,23)/t13-,14-/m1/s1. The molecule has 0 saturated carbocycles. The smallest absolute Gasteiger partial charge is 0.241 e. The number of carbonyl (C=O) groups excluding carboxylic acids is 1. The van der Waals surface area contributed by atoms with Crippen molar-refractivity contribution >= 4 is 23.2 Å². The molecule has 0 fully saturated rings. The molecule has 0 unspecified atom stereocenters. The first-order valence-electron chi connectivity index (χ1n) is 7.91. The molecule has 4 heteroatoms. The van der Waals surface area contributed by atoms with Gasteiger partial charge < -0.3 is 5.32 Å². The van der Waals surface area contributed by atoms with Crippen LogP contribution in [0.3, 0.4) is 0 Å². The average molecular weight is 331 g/mol. The number of hydrogen-bond donors (Lipinski definition) is 2. The van der Waals surface area contributed by atoms with Gasteiger partial charge in [-0.1, -0.05) is 42.8 Å². The molecule has 2 aromatic carbocycles. The van der Waals surface area contributed by atoms with Gasteiger partial charge in [-0.05, 0) is 55.7 Å². The highest BCUT2D eigenvalue weighted by molar-refractivity contribution is 6.30. The minimum atomic E-state index is -0.300. The quantitative estimate of drug-likeness (QED) is 0.814. The molecule has 1 amide bonds. The van der Waals surface area contributed by atoms with Crippen LogP contribution in [-0.2, 0) is 11.2 Å². The Labute approximate surface area is 143 Å². The monoisotopic (exact) mass is 330 g/mol. The van der Waals surface area contributed by atoms with Gasteiger partial charge in [0.15, 0.2) is 0 Å². The molecule has 0 heterocycles. The van der Waals surface area contributed by atoms with Crippen LogP contribution in [0.2, 0.25) is 5.02 Å². The Morgan fingerprint density at radius 3 is 2.22 bits per heavy atom. The Bertz CT molecular complexity index is 637. The Morgan fingerprint density at radius 2 is 1.65 bits per heavy atom. The molecule has 23 heavy (non-hydrogen) atoms. The fourth-order valence-electron chi connectivity index (χ4n) is 2.37. The van der Waals surface area contributed by atoms with Gasteiger partial charge in [0.25, 0.3) is 0 Å². The number of nitrogens with one attached hydrogen (secondary N) is 2. The van der Waals surface area contributed by atoms with Crippen molar-refractivity contribution in [2.75, 3.05) is 5.32 Å². The molecule has 0 saturated heterocycles. The molecular weight excluding hydrogens is 308 g/mol. The van der Waals surface area contributed by atoms with E-state index in [0.717, 1.165) is 17.7 Å². The summed E-state index contributed by atoms with van der Waals surface area (Å²) in [5.74, 6) is -0.0462. The molecule has 2 N–H and O–H groups in total. The molecule has 122 valence electrons. The van der Waals surface area contributed by atoms with Gasteiger partial charge in [-0.15, -0.1) is 0 Å². The number of benzene rings is 2. The van der Waals surface area contributed by atoms with Gasteiger partial charge in [0.2, 0.25) is 5.91 Å². The van der Waals surface area contributed by atoms with Gasteiger partial charge in [0.05, 0.1) is 6.04 Å². The first-order valence-corrected chi connectivity index (χ1v) is 8.28. The van der Waals surface area contributed by atoms with Crippen LogP contribution in [0.5, 0.6) is 0 Å². The summed E-state index contributed by atoms with van der Waals surface area (Å²) in [5, 5.41) is 6.95. The summed E-state index contributed by atoms with van der Waals surface area (Å²) in [6, 6.07) is 15.3. The Hall–Kier alpha value is -1.84. The van der Waals surface area contributed by atoms with Crippen LogP contribution < -0.4 is 10.6 Å². The maximum absolute atomic E-state index is 12.3. The predicted octanol–water partition coefficient (Wildman–Crippen LogP) is 4.58. The lowest BCUT2D eigenvalue weighted by Crippen LogP contribution is -2.39. The third-order valence-corrected chi connectivity index (χ3v) is 4.14. The molecule has 2 aromatic rings. The minimum absolute atomic E-state index is 0.0462. The maximum atomic E-state index is 12.3. The van der Waals surface area contributed by atoms with Crippen molar-refractivity contribution in [1.82, 2.24) is 5.32 Å². The number of anilines is 1. The highest BCUT2D eigenvalue weighted by Crippen LogP contribution is 2.17. The van der Waals surface area contributed by atoms with E-state index < -0.39 is 0 Å². The van der Waals surface area contributed by atoms with Crippen LogP contribution in [0.1, 0.15) is 37.9 Å². The molecular formula is C19H23ClN2O. The van der Waals surface area contributed by atoms with E-state index in [9.17, 15) is 4.79 Å². The molecule has 0 aliphatic carbocycles. The second-order valence-electron chi connectivity index (χ2n) is 5.70. The number of halogens is 1. The van der Waals surface area contributed by atoms with E-state index in [2.05, 4.69) is 17.6 Å². The summed E-state index contributed by atoms with van der Waals surface area (Å²) >= 11 is 5.90. The predicted molar refractivity (Wildman–Crippen MR) is 96.9 cm³/mol. The normalized spacial score (nSPS) is 13.4. The minimum Gasteiger partial charge on any atom is -0.325 e. The topological polar surface area (TPSA) is 41.1 Å². The van der Waals surface area contributed by atoms with Gasteiger partial charge in [-0.25, -0.2) is 0 Å². The molecule has 2 atom stereocenters. The summed E-state index contributed by atoms with van der Waals surface area (Å²) in [6.07, 6.45) is 0.991. The van der Waals surface area contributed by atoms with E-state index in [0.29, 0.717) is 5.02 Å². The summed E-state index contributed by atoms with van der Waals surface area (Å²) in [5.41, 5.74) is 3.17. The molecule has 2 rings (SSSR count). The van der Waals surface area contributed by atoms with Crippen molar-refractivity contribution < 1.29 is 4.79 Å². The van der Waals surface area contributed by atoms with Crippen LogP contribution in [0.4, 0.5) is 5.69 Å². The Kier molecular flexibility index (Phi) is 6.20.